The average Bonchev–Trinajstić information content (AvgIpc) is 2.14. The minimum Gasteiger partial charge on any atom is -0.381 e. The molecule has 4 rings (SSSR count). The van der Waals surface area contributed by atoms with E-state index in [0.717, 1.165) is 22.8 Å². The smallest absolute Gasteiger partial charge is 0.0628 e. The molecule has 2 atom stereocenters. The third-order valence-electron chi connectivity index (χ3n) is 6.05. The van der Waals surface area contributed by atoms with Crippen molar-refractivity contribution in [2.75, 3.05) is 7.11 Å². The van der Waals surface area contributed by atoms with Crippen molar-refractivity contribution in [1.82, 2.24) is 0 Å². The van der Waals surface area contributed by atoms with Crippen LogP contribution in [0.15, 0.2) is 0 Å². The van der Waals surface area contributed by atoms with Crippen LogP contribution in [-0.2, 0) is 4.74 Å². The van der Waals surface area contributed by atoms with Gasteiger partial charge >= 0.3 is 0 Å². The number of methoxy groups -OCH3 is 1. The quantitative estimate of drug-likeness (QED) is 0.663. The highest BCUT2D eigenvalue weighted by Crippen LogP contribution is 2.67. The van der Waals surface area contributed by atoms with Gasteiger partial charge in [-0.3, -0.25) is 0 Å². The number of hydrogen-bond donors (Lipinski definition) is 0. The summed E-state index contributed by atoms with van der Waals surface area (Å²) in [5.41, 5.74) is 0. The van der Waals surface area contributed by atoms with Gasteiger partial charge in [0, 0.05) is 7.11 Å². The highest BCUT2D eigenvalue weighted by atomic mass is 28.3. The molecule has 0 aromatic rings. The molecular weight excluding hydrogens is 212 g/mol. The molecule has 0 heterocycles. The van der Waals surface area contributed by atoms with Crippen molar-refractivity contribution in [1.29, 1.82) is 0 Å². The second-order valence-corrected chi connectivity index (χ2v) is 13.3. The van der Waals surface area contributed by atoms with Gasteiger partial charge in [0.25, 0.3) is 0 Å². The van der Waals surface area contributed by atoms with Gasteiger partial charge in [-0.05, 0) is 54.9 Å². The van der Waals surface area contributed by atoms with Crippen molar-refractivity contribution in [3.63, 3.8) is 0 Å². The van der Waals surface area contributed by atoms with Gasteiger partial charge in [-0.15, -0.1) is 0 Å². The van der Waals surface area contributed by atoms with E-state index >= 15 is 0 Å². The van der Waals surface area contributed by atoms with Crippen LogP contribution in [0.2, 0.25) is 24.7 Å². The third-order valence-corrected chi connectivity index (χ3v) is 9.84. The predicted octanol–water partition coefficient (Wildman–Crippen LogP) is 3.92. The summed E-state index contributed by atoms with van der Waals surface area (Å²) in [5.74, 6) is 2.86. The molecule has 16 heavy (non-hydrogen) atoms. The summed E-state index contributed by atoms with van der Waals surface area (Å²) in [6.07, 6.45) is 8.11. The molecule has 92 valence electrons. The first kappa shape index (κ1) is 11.3. The highest BCUT2D eigenvalue weighted by Gasteiger charge is 2.59. The molecule has 0 aromatic heterocycles. The van der Waals surface area contributed by atoms with Gasteiger partial charge in [0.2, 0.25) is 0 Å². The Balaban J connectivity index is 1.92. The zero-order valence-corrected chi connectivity index (χ0v) is 12.3. The number of rotatable bonds is 2. The van der Waals surface area contributed by atoms with Crippen LogP contribution in [-0.4, -0.2) is 21.3 Å². The van der Waals surface area contributed by atoms with Gasteiger partial charge in [0.05, 0.1) is 14.2 Å². The Hall–Kier alpha value is 0.177. The summed E-state index contributed by atoms with van der Waals surface area (Å²) in [5, 5.41) is 0.776. The van der Waals surface area contributed by atoms with Gasteiger partial charge in [0.1, 0.15) is 0 Å². The van der Waals surface area contributed by atoms with Gasteiger partial charge < -0.3 is 4.74 Å². The van der Waals surface area contributed by atoms with E-state index in [1.807, 2.05) is 7.11 Å². The molecule has 0 radical (unpaired) electrons. The summed E-state index contributed by atoms with van der Waals surface area (Å²) in [6.45, 7) is 7.80. The molecule has 0 spiro atoms. The molecule has 0 saturated heterocycles. The van der Waals surface area contributed by atoms with E-state index in [9.17, 15) is 0 Å². The van der Waals surface area contributed by atoms with E-state index in [2.05, 4.69) is 19.6 Å². The molecule has 2 heteroatoms. The number of hydrogen-bond acceptors (Lipinski definition) is 1. The fourth-order valence-corrected chi connectivity index (χ4v) is 7.93. The van der Waals surface area contributed by atoms with Gasteiger partial charge in [0.15, 0.2) is 0 Å². The first-order valence-electron chi connectivity index (χ1n) is 6.98. The molecule has 0 amide bonds. The maximum absolute atomic E-state index is 5.80. The van der Waals surface area contributed by atoms with E-state index < -0.39 is 8.07 Å². The fraction of sp³-hybridized carbons (Fsp3) is 1.00. The van der Waals surface area contributed by atoms with Crippen LogP contribution in [0.5, 0.6) is 0 Å². The molecule has 0 N–H and O–H groups in total. The van der Waals surface area contributed by atoms with Crippen molar-refractivity contribution in [2.45, 2.75) is 62.9 Å². The topological polar surface area (TPSA) is 9.23 Å². The Kier molecular flexibility index (Phi) is 2.36. The Bertz CT molecular complexity index is 278. The Morgan fingerprint density at radius 1 is 1.00 bits per heavy atom. The standard InChI is InChI=1S/C14H26OSi/c1-15-13-11-5-10-6-12(13)9-14(7-10,8-11)16(2,3)4/h10-13H,5-9H2,1-4H3. The lowest BCUT2D eigenvalue weighted by Crippen LogP contribution is -2.57. The molecule has 4 aliphatic rings. The molecular formula is C14H26OSi. The van der Waals surface area contributed by atoms with Crippen molar-refractivity contribution >= 4 is 8.07 Å². The van der Waals surface area contributed by atoms with Crippen molar-refractivity contribution < 1.29 is 4.74 Å². The maximum atomic E-state index is 5.80. The first-order valence-corrected chi connectivity index (χ1v) is 10.5. The third kappa shape index (κ3) is 1.38. The largest absolute Gasteiger partial charge is 0.381 e. The van der Waals surface area contributed by atoms with Gasteiger partial charge in [-0.2, -0.15) is 0 Å². The lowest BCUT2D eigenvalue weighted by Gasteiger charge is -2.63. The minimum atomic E-state index is -1.01. The van der Waals surface area contributed by atoms with Crippen LogP contribution >= 0.6 is 0 Å². The zero-order valence-electron chi connectivity index (χ0n) is 11.3. The molecule has 4 fully saturated rings. The van der Waals surface area contributed by atoms with Crippen LogP contribution in [0.3, 0.4) is 0 Å². The normalized spacial score (nSPS) is 51.0. The average molecular weight is 238 g/mol. The van der Waals surface area contributed by atoms with E-state index in [1.165, 1.54) is 25.7 Å². The summed E-state index contributed by atoms with van der Waals surface area (Å²) < 4.78 is 5.80. The minimum absolute atomic E-state index is 0.612. The van der Waals surface area contributed by atoms with Crippen molar-refractivity contribution in [2.24, 2.45) is 17.8 Å². The molecule has 0 aromatic carbocycles. The van der Waals surface area contributed by atoms with Gasteiger partial charge in [-0.1, -0.05) is 19.6 Å². The first-order chi connectivity index (χ1) is 7.45. The lowest BCUT2D eigenvalue weighted by molar-refractivity contribution is -0.107. The van der Waals surface area contributed by atoms with Gasteiger partial charge in [-0.25, -0.2) is 0 Å². The summed E-state index contributed by atoms with van der Waals surface area (Å²) in [6, 6.07) is 0. The Morgan fingerprint density at radius 2 is 1.56 bits per heavy atom. The van der Waals surface area contributed by atoms with E-state index in [-0.39, 0.29) is 0 Å². The SMILES string of the molecule is COC1C2CC3CC1CC([Si](C)(C)C)(C3)C2. The Labute approximate surface area is 101 Å². The van der Waals surface area contributed by atoms with Crippen LogP contribution in [0.25, 0.3) is 0 Å². The molecule has 1 nitrogen and oxygen atoms in total. The van der Waals surface area contributed by atoms with E-state index in [1.54, 1.807) is 6.42 Å². The fourth-order valence-electron chi connectivity index (χ4n) is 5.28. The van der Waals surface area contributed by atoms with Crippen molar-refractivity contribution in [3.05, 3.63) is 0 Å². The zero-order chi connectivity index (χ0) is 11.6. The second-order valence-electron chi connectivity index (χ2n) is 7.70. The monoisotopic (exact) mass is 238 g/mol. The molecule has 0 aliphatic heterocycles. The molecule has 4 saturated carbocycles. The summed E-state index contributed by atoms with van der Waals surface area (Å²) >= 11 is 0. The van der Waals surface area contributed by atoms with Crippen LogP contribution in [0.1, 0.15) is 32.1 Å². The highest BCUT2D eigenvalue weighted by molar-refractivity contribution is 6.79. The van der Waals surface area contributed by atoms with E-state index in [0.29, 0.717) is 6.10 Å². The molecule has 4 aliphatic carbocycles. The molecule has 4 bridgehead atoms. The van der Waals surface area contributed by atoms with E-state index in [4.69, 9.17) is 4.74 Å². The summed E-state index contributed by atoms with van der Waals surface area (Å²) in [7, 11) is 0.932. The van der Waals surface area contributed by atoms with Crippen molar-refractivity contribution in [3.8, 4) is 0 Å². The van der Waals surface area contributed by atoms with Crippen LogP contribution < -0.4 is 0 Å². The Morgan fingerprint density at radius 3 is 2.00 bits per heavy atom. The predicted molar refractivity (Wildman–Crippen MR) is 70.4 cm³/mol. The van der Waals surface area contributed by atoms with Crippen LogP contribution in [0, 0.1) is 17.8 Å². The lowest BCUT2D eigenvalue weighted by atomic mass is 9.54. The number of ether oxygens (including phenoxy) is 1. The molecule has 2 unspecified atom stereocenters. The van der Waals surface area contributed by atoms with Crippen LogP contribution in [0.4, 0.5) is 0 Å². The second kappa shape index (κ2) is 3.35. The maximum Gasteiger partial charge on any atom is 0.0628 e. The summed E-state index contributed by atoms with van der Waals surface area (Å²) in [4.78, 5) is 0.